The third kappa shape index (κ3) is 4.07. The molecule has 4 N–H and O–H groups in total. The zero-order chi connectivity index (χ0) is 21.4. The minimum Gasteiger partial charge on any atom is -0.481 e. The molecule has 5 fully saturated rings. The fraction of sp³-hybridized carbons (Fsp3) is 0.667. The quantitative estimate of drug-likeness (QED) is 0.599. The first-order valence-corrected chi connectivity index (χ1v) is 11.2. The second-order valence-corrected chi connectivity index (χ2v) is 10.5. The Kier molecular flexibility index (Phi) is 5.56. The number of carbonyl (C=O) groups is 2. The molecule has 4 unspecified atom stereocenters. The number of nitrogens with one attached hydrogen (secondary N) is 2. The number of piperidine rings is 1. The maximum Gasteiger partial charge on any atom is 0.404 e. The standard InChI is InChI=1S/C18H22O2.C6H12N2O2/c1-16-7-13-8-17(10-16,14-5-3-2-4-6-14)12-18(9-13,11-16)15(19)20;9-6(10)8-5-2-1-3-7-4-5/h2-6,13H,7-12H2,1H3,(H,19,20);5,7-8H,1-4H2,(H,9,10)/t;5-/m.1/s1. The van der Waals surface area contributed by atoms with Crippen LogP contribution in [0.3, 0.4) is 0 Å². The van der Waals surface area contributed by atoms with Gasteiger partial charge >= 0.3 is 12.1 Å². The number of hydrogen-bond acceptors (Lipinski definition) is 3. The van der Waals surface area contributed by atoms with Crippen LogP contribution < -0.4 is 10.6 Å². The molecule has 4 aliphatic carbocycles. The van der Waals surface area contributed by atoms with Crippen LogP contribution in [0.1, 0.15) is 63.9 Å². The summed E-state index contributed by atoms with van der Waals surface area (Å²) in [6.07, 6.45) is 7.35. The van der Waals surface area contributed by atoms with Gasteiger partial charge in [-0.3, -0.25) is 4.79 Å². The van der Waals surface area contributed by atoms with Crippen molar-refractivity contribution >= 4 is 12.1 Å². The lowest BCUT2D eigenvalue weighted by Gasteiger charge is -2.64. The Morgan fingerprint density at radius 2 is 1.83 bits per heavy atom. The smallest absolute Gasteiger partial charge is 0.404 e. The van der Waals surface area contributed by atoms with Crippen molar-refractivity contribution < 1.29 is 19.8 Å². The number of amides is 1. The molecule has 164 valence electrons. The molecule has 5 aliphatic rings. The Morgan fingerprint density at radius 3 is 2.43 bits per heavy atom. The monoisotopic (exact) mass is 414 g/mol. The molecule has 6 nitrogen and oxygen atoms in total. The fourth-order valence-corrected chi connectivity index (χ4v) is 7.42. The van der Waals surface area contributed by atoms with Gasteiger partial charge in [0.2, 0.25) is 0 Å². The molecule has 1 amide bonds. The van der Waals surface area contributed by atoms with Crippen molar-refractivity contribution in [3.8, 4) is 0 Å². The van der Waals surface area contributed by atoms with E-state index in [0.29, 0.717) is 5.92 Å². The van der Waals surface area contributed by atoms with Gasteiger partial charge in [0.1, 0.15) is 0 Å². The van der Waals surface area contributed by atoms with Gasteiger partial charge in [0, 0.05) is 12.6 Å². The van der Waals surface area contributed by atoms with Crippen LogP contribution in [-0.4, -0.2) is 41.4 Å². The molecule has 6 rings (SSSR count). The third-order valence-corrected chi connectivity index (χ3v) is 7.81. The minimum absolute atomic E-state index is 0.117. The number of rotatable bonds is 3. The molecule has 1 aromatic rings. The maximum atomic E-state index is 12.0. The lowest BCUT2D eigenvalue weighted by Crippen LogP contribution is -2.60. The van der Waals surface area contributed by atoms with Gasteiger partial charge in [-0.05, 0) is 80.2 Å². The molecule has 6 heteroatoms. The Labute approximate surface area is 178 Å². The van der Waals surface area contributed by atoms with Crippen molar-refractivity contribution in [2.24, 2.45) is 16.7 Å². The van der Waals surface area contributed by atoms with Crippen LogP contribution >= 0.6 is 0 Å². The highest BCUT2D eigenvalue weighted by atomic mass is 16.4. The normalized spacial score (nSPS) is 39.0. The molecular weight excluding hydrogens is 380 g/mol. The van der Waals surface area contributed by atoms with Crippen molar-refractivity contribution in [3.05, 3.63) is 35.9 Å². The predicted molar refractivity (Wildman–Crippen MR) is 115 cm³/mol. The largest absolute Gasteiger partial charge is 0.481 e. The van der Waals surface area contributed by atoms with Crippen molar-refractivity contribution in [3.63, 3.8) is 0 Å². The van der Waals surface area contributed by atoms with E-state index in [1.54, 1.807) is 0 Å². The van der Waals surface area contributed by atoms with Gasteiger partial charge < -0.3 is 20.8 Å². The molecule has 1 aliphatic heterocycles. The van der Waals surface area contributed by atoms with Gasteiger partial charge in [0.15, 0.2) is 0 Å². The summed E-state index contributed by atoms with van der Waals surface area (Å²) in [7, 11) is 0. The molecule has 30 heavy (non-hydrogen) atoms. The van der Waals surface area contributed by atoms with E-state index in [2.05, 4.69) is 47.9 Å². The molecule has 1 heterocycles. The second kappa shape index (κ2) is 7.88. The molecule has 0 spiro atoms. The number of benzene rings is 1. The van der Waals surface area contributed by atoms with E-state index in [0.717, 1.165) is 45.2 Å². The highest BCUT2D eigenvalue weighted by Gasteiger charge is 2.64. The number of carboxylic acid groups (broad SMARTS) is 2. The first-order chi connectivity index (χ1) is 14.2. The summed E-state index contributed by atoms with van der Waals surface area (Å²) in [5.41, 5.74) is 1.27. The number of carboxylic acids is 1. The molecule has 4 bridgehead atoms. The Bertz CT molecular complexity index is 794. The van der Waals surface area contributed by atoms with E-state index in [1.807, 2.05) is 0 Å². The highest BCUT2D eigenvalue weighted by Crippen LogP contribution is 2.70. The first kappa shape index (κ1) is 21.2. The van der Waals surface area contributed by atoms with Gasteiger partial charge in [-0.15, -0.1) is 0 Å². The van der Waals surface area contributed by atoms with E-state index in [9.17, 15) is 14.7 Å². The van der Waals surface area contributed by atoms with Crippen LogP contribution in [-0.2, 0) is 10.2 Å². The van der Waals surface area contributed by atoms with Crippen molar-refractivity contribution in [1.29, 1.82) is 0 Å². The first-order valence-electron chi connectivity index (χ1n) is 11.2. The summed E-state index contributed by atoms with van der Waals surface area (Å²) >= 11 is 0. The lowest BCUT2D eigenvalue weighted by molar-refractivity contribution is -0.176. The Hall–Kier alpha value is -2.08. The van der Waals surface area contributed by atoms with Crippen LogP contribution in [0.4, 0.5) is 4.79 Å². The zero-order valence-corrected chi connectivity index (χ0v) is 17.8. The molecule has 4 saturated carbocycles. The molecular formula is C24H34N2O4. The van der Waals surface area contributed by atoms with Crippen molar-refractivity contribution in [2.45, 2.75) is 69.7 Å². The van der Waals surface area contributed by atoms with Crippen molar-refractivity contribution in [1.82, 2.24) is 10.6 Å². The summed E-state index contributed by atoms with van der Waals surface area (Å²) in [6.45, 7) is 4.11. The summed E-state index contributed by atoms with van der Waals surface area (Å²) in [6, 6.07) is 10.8. The zero-order valence-electron chi connectivity index (χ0n) is 17.8. The van der Waals surface area contributed by atoms with E-state index < -0.39 is 17.5 Å². The Balaban J connectivity index is 0.000000185. The Morgan fingerprint density at radius 1 is 1.07 bits per heavy atom. The van der Waals surface area contributed by atoms with Crippen molar-refractivity contribution in [2.75, 3.05) is 13.1 Å². The fourth-order valence-electron chi connectivity index (χ4n) is 7.42. The second-order valence-electron chi connectivity index (χ2n) is 10.5. The molecule has 1 aromatic carbocycles. The topological polar surface area (TPSA) is 98.7 Å². The van der Waals surface area contributed by atoms with Crippen LogP contribution in [0.25, 0.3) is 0 Å². The van der Waals surface area contributed by atoms with Crippen LogP contribution in [0.15, 0.2) is 30.3 Å². The molecule has 0 radical (unpaired) electrons. The van der Waals surface area contributed by atoms with Crippen LogP contribution in [0.5, 0.6) is 0 Å². The average molecular weight is 415 g/mol. The molecule has 0 aromatic heterocycles. The van der Waals surface area contributed by atoms with E-state index >= 15 is 0 Å². The average Bonchev–Trinajstić information content (AvgIpc) is 2.68. The number of aliphatic carboxylic acids is 1. The van der Waals surface area contributed by atoms with E-state index in [4.69, 9.17) is 5.11 Å². The minimum atomic E-state index is -0.922. The predicted octanol–water partition coefficient (Wildman–Crippen LogP) is 4.01. The van der Waals surface area contributed by atoms with Gasteiger partial charge in [-0.2, -0.15) is 0 Å². The van der Waals surface area contributed by atoms with E-state index in [-0.39, 0.29) is 16.9 Å². The van der Waals surface area contributed by atoms with E-state index in [1.165, 1.54) is 24.8 Å². The molecule has 1 saturated heterocycles. The summed E-state index contributed by atoms with van der Waals surface area (Å²) in [5, 5.41) is 23.7. The highest BCUT2D eigenvalue weighted by molar-refractivity contribution is 5.76. The van der Waals surface area contributed by atoms with Gasteiger partial charge in [-0.1, -0.05) is 37.3 Å². The van der Waals surface area contributed by atoms with Crippen LogP contribution in [0.2, 0.25) is 0 Å². The summed E-state index contributed by atoms with van der Waals surface area (Å²) in [5.74, 6) is 0.0562. The van der Waals surface area contributed by atoms with Gasteiger partial charge in [0.05, 0.1) is 5.41 Å². The third-order valence-electron chi connectivity index (χ3n) is 7.81. The van der Waals surface area contributed by atoms with Crippen LogP contribution in [0, 0.1) is 16.7 Å². The number of hydrogen-bond donors (Lipinski definition) is 4. The molecule has 5 atom stereocenters. The maximum absolute atomic E-state index is 12.0. The van der Waals surface area contributed by atoms with Gasteiger partial charge in [0.25, 0.3) is 0 Å². The summed E-state index contributed by atoms with van der Waals surface area (Å²) < 4.78 is 0. The lowest BCUT2D eigenvalue weighted by atomic mass is 9.39. The SMILES string of the molecule is CC12CC3CC(C(=O)O)(C1)CC(c1ccccc1)(C3)C2.O=C(O)N[C@@H]1CCCNC1. The summed E-state index contributed by atoms with van der Waals surface area (Å²) in [4.78, 5) is 22.1. The van der Waals surface area contributed by atoms with Gasteiger partial charge in [-0.25, -0.2) is 4.79 Å².